The third-order valence-electron chi connectivity index (χ3n) is 2.34. The molecule has 4 heteroatoms. The van der Waals surface area contributed by atoms with Gasteiger partial charge in [0.25, 0.3) is 0 Å². The molecule has 1 fully saturated rings. The molecule has 72 valence electrons. The summed E-state index contributed by atoms with van der Waals surface area (Å²) in [4.78, 5) is 0. The maximum Gasteiger partial charge on any atom is 0.231 e. The average Bonchev–Trinajstić information content (AvgIpc) is 2.50. The second-order valence-electron chi connectivity index (χ2n) is 3.39. The maximum atomic E-state index is 8.82. The largest absolute Gasteiger partial charge is 0.454 e. The predicted octanol–water partition coefficient (Wildman–Crippen LogP) is 0.242. The van der Waals surface area contributed by atoms with Gasteiger partial charge in [-0.15, -0.1) is 0 Å². The van der Waals surface area contributed by atoms with Crippen LogP contribution in [0.4, 0.5) is 0 Å². The van der Waals surface area contributed by atoms with Gasteiger partial charge < -0.3 is 20.3 Å². The third kappa shape index (κ3) is 1.55. The fourth-order valence-corrected chi connectivity index (χ4v) is 1.56. The Kier molecular flexibility index (Phi) is 2.01. The normalized spacial score (nSPS) is 31.2. The number of ether oxygens (including phenoxy) is 2. The van der Waals surface area contributed by atoms with Crippen LogP contribution < -0.4 is 5.73 Å². The summed E-state index contributed by atoms with van der Waals surface area (Å²) in [6, 6.07) is 0. The van der Waals surface area contributed by atoms with Gasteiger partial charge in [0.1, 0.15) is 0 Å². The van der Waals surface area contributed by atoms with Gasteiger partial charge in [0.15, 0.2) is 11.5 Å². The molecule has 13 heavy (non-hydrogen) atoms. The van der Waals surface area contributed by atoms with E-state index >= 15 is 0 Å². The number of fused-ring (bicyclic) bond motifs is 1. The minimum absolute atomic E-state index is 0.0876. The van der Waals surface area contributed by atoms with Crippen molar-refractivity contribution in [1.82, 2.24) is 0 Å². The molecule has 1 heterocycles. The van der Waals surface area contributed by atoms with Crippen LogP contribution >= 0.6 is 0 Å². The highest BCUT2D eigenvalue weighted by molar-refractivity contribution is 5.32. The van der Waals surface area contributed by atoms with Crippen LogP contribution in [0, 0.1) is 0 Å². The van der Waals surface area contributed by atoms with Crippen molar-refractivity contribution in [3.63, 3.8) is 0 Å². The zero-order valence-electron chi connectivity index (χ0n) is 7.32. The van der Waals surface area contributed by atoms with E-state index in [-0.39, 0.29) is 13.4 Å². The van der Waals surface area contributed by atoms with Gasteiger partial charge in [-0.1, -0.05) is 0 Å². The SMILES string of the molecule is N[C@@]1(CCO)C=C2OCOC2=CC1. The highest BCUT2D eigenvalue weighted by atomic mass is 16.7. The zero-order valence-corrected chi connectivity index (χ0v) is 7.32. The molecule has 0 spiro atoms. The van der Waals surface area contributed by atoms with Crippen molar-refractivity contribution < 1.29 is 14.6 Å². The van der Waals surface area contributed by atoms with Gasteiger partial charge in [0, 0.05) is 12.1 Å². The van der Waals surface area contributed by atoms with Crippen molar-refractivity contribution in [3.8, 4) is 0 Å². The van der Waals surface area contributed by atoms with E-state index in [4.69, 9.17) is 20.3 Å². The van der Waals surface area contributed by atoms with Crippen molar-refractivity contribution in [2.45, 2.75) is 18.4 Å². The van der Waals surface area contributed by atoms with E-state index in [2.05, 4.69) is 0 Å². The first-order valence-corrected chi connectivity index (χ1v) is 4.32. The topological polar surface area (TPSA) is 64.7 Å². The average molecular weight is 183 g/mol. The molecule has 0 aromatic heterocycles. The molecule has 0 aromatic rings. The third-order valence-corrected chi connectivity index (χ3v) is 2.34. The highest BCUT2D eigenvalue weighted by Crippen LogP contribution is 2.31. The van der Waals surface area contributed by atoms with Gasteiger partial charge in [0.05, 0.1) is 0 Å². The Bertz CT molecular complexity index is 272. The Morgan fingerprint density at radius 3 is 3.00 bits per heavy atom. The minimum Gasteiger partial charge on any atom is -0.454 e. The molecule has 0 unspecified atom stereocenters. The van der Waals surface area contributed by atoms with Crippen LogP contribution in [0.1, 0.15) is 12.8 Å². The molecule has 2 rings (SSSR count). The van der Waals surface area contributed by atoms with Crippen molar-refractivity contribution in [1.29, 1.82) is 0 Å². The lowest BCUT2D eigenvalue weighted by molar-refractivity contribution is 0.0976. The molecule has 1 aliphatic heterocycles. The molecule has 0 radical (unpaired) electrons. The highest BCUT2D eigenvalue weighted by Gasteiger charge is 2.30. The van der Waals surface area contributed by atoms with Crippen molar-refractivity contribution >= 4 is 0 Å². The number of hydrogen-bond donors (Lipinski definition) is 2. The Morgan fingerprint density at radius 1 is 1.46 bits per heavy atom. The Hall–Kier alpha value is -1.00. The molecule has 0 aromatic carbocycles. The van der Waals surface area contributed by atoms with E-state index in [0.717, 1.165) is 5.76 Å². The first-order chi connectivity index (χ1) is 6.23. The second-order valence-corrected chi connectivity index (χ2v) is 3.39. The summed E-state index contributed by atoms with van der Waals surface area (Å²) in [5.41, 5.74) is 5.54. The second kappa shape index (κ2) is 3.05. The quantitative estimate of drug-likeness (QED) is 0.643. The molecule has 0 amide bonds. The van der Waals surface area contributed by atoms with Gasteiger partial charge in [0.2, 0.25) is 6.79 Å². The number of hydrogen-bond acceptors (Lipinski definition) is 4. The van der Waals surface area contributed by atoms with Crippen LogP contribution in [0.3, 0.4) is 0 Å². The summed E-state index contributed by atoms with van der Waals surface area (Å²) >= 11 is 0. The molecule has 0 saturated carbocycles. The van der Waals surface area contributed by atoms with Crippen LogP contribution in [0.25, 0.3) is 0 Å². The van der Waals surface area contributed by atoms with Gasteiger partial charge in [-0.25, -0.2) is 0 Å². The summed E-state index contributed by atoms with van der Waals surface area (Å²) in [5.74, 6) is 1.49. The summed E-state index contributed by atoms with van der Waals surface area (Å²) in [6.45, 7) is 0.358. The molecular formula is C9H13NO3. The van der Waals surface area contributed by atoms with E-state index in [0.29, 0.717) is 18.6 Å². The van der Waals surface area contributed by atoms with Crippen LogP contribution in [0.2, 0.25) is 0 Å². The summed E-state index contributed by atoms with van der Waals surface area (Å²) in [7, 11) is 0. The number of aliphatic hydroxyl groups is 1. The Morgan fingerprint density at radius 2 is 2.23 bits per heavy atom. The molecule has 2 aliphatic rings. The molecule has 1 aliphatic carbocycles. The Labute approximate surface area is 76.6 Å². The zero-order chi connectivity index (χ0) is 9.31. The minimum atomic E-state index is -0.471. The fourth-order valence-electron chi connectivity index (χ4n) is 1.56. The number of nitrogens with two attached hydrogens (primary N) is 1. The standard InChI is InChI=1S/C9H13NO3/c10-9(3-4-11)2-1-7-8(5-9)13-6-12-7/h1,5,11H,2-4,6,10H2/t9-/m0/s1. The van der Waals surface area contributed by atoms with Crippen LogP contribution in [0.5, 0.6) is 0 Å². The first-order valence-electron chi connectivity index (χ1n) is 4.32. The molecule has 1 atom stereocenters. The summed E-state index contributed by atoms with van der Waals surface area (Å²) in [6.07, 6.45) is 4.99. The summed E-state index contributed by atoms with van der Waals surface area (Å²) < 4.78 is 10.4. The van der Waals surface area contributed by atoms with E-state index in [9.17, 15) is 0 Å². The molecule has 0 bridgehead atoms. The van der Waals surface area contributed by atoms with Gasteiger partial charge in [-0.05, 0) is 25.0 Å². The van der Waals surface area contributed by atoms with Crippen molar-refractivity contribution in [2.24, 2.45) is 5.73 Å². The molecule has 1 saturated heterocycles. The van der Waals surface area contributed by atoms with E-state index in [1.165, 1.54) is 0 Å². The molecular weight excluding hydrogens is 170 g/mol. The van der Waals surface area contributed by atoms with Gasteiger partial charge in [-0.3, -0.25) is 0 Å². The van der Waals surface area contributed by atoms with E-state index in [1.54, 1.807) is 0 Å². The molecule has 3 N–H and O–H groups in total. The van der Waals surface area contributed by atoms with Crippen LogP contribution in [-0.2, 0) is 9.47 Å². The maximum absolute atomic E-state index is 8.82. The smallest absolute Gasteiger partial charge is 0.231 e. The van der Waals surface area contributed by atoms with Crippen LogP contribution in [-0.4, -0.2) is 24.0 Å². The van der Waals surface area contributed by atoms with E-state index in [1.807, 2.05) is 12.2 Å². The van der Waals surface area contributed by atoms with Gasteiger partial charge in [-0.2, -0.15) is 0 Å². The van der Waals surface area contributed by atoms with Gasteiger partial charge >= 0.3 is 0 Å². The lowest BCUT2D eigenvalue weighted by Crippen LogP contribution is -2.39. The van der Waals surface area contributed by atoms with Crippen molar-refractivity contribution in [2.75, 3.05) is 13.4 Å². The first kappa shape index (κ1) is 8.59. The summed E-state index contributed by atoms with van der Waals surface area (Å²) in [5, 5.41) is 8.82. The lowest BCUT2D eigenvalue weighted by Gasteiger charge is -2.26. The van der Waals surface area contributed by atoms with Crippen molar-refractivity contribution in [3.05, 3.63) is 23.7 Å². The Balaban J connectivity index is 2.17. The number of aliphatic hydroxyl groups excluding tert-OH is 1. The lowest BCUT2D eigenvalue weighted by atomic mass is 9.88. The number of rotatable bonds is 2. The van der Waals surface area contributed by atoms with Crippen LogP contribution in [0.15, 0.2) is 23.7 Å². The molecule has 4 nitrogen and oxygen atoms in total. The predicted molar refractivity (Wildman–Crippen MR) is 46.4 cm³/mol. The fraction of sp³-hybridized carbons (Fsp3) is 0.556. The monoisotopic (exact) mass is 183 g/mol. The van der Waals surface area contributed by atoms with E-state index < -0.39 is 5.54 Å².